The molecule has 0 aliphatic heterocycles. The number of hydrogen-bond donors (Lipinski definition) is 1. The summed E-state index contributed by atoms with van der Waals surface area (Å²) >= 11 is 0. The molecule has 5 heteroatoms. The minimum atomic E-state index is -0.429. The zero-order valence-electron chi connectivity index (χ0n) is 10.2. The number of rotatable bonds is 2. The number of nitrogen functional groups attached to an aromatic ring is 1. The Balaban J connectivity index is 2.16. The Morgan fingerprint density at radius 2 is 2.11 bits per heavy atom. The number of oxazole rings is 1. The van der Waals surface area contributed by atoms with Crippen LogP contribution < -0.4 is 10.5 Å². The SMILES string of the molecule is COc1cc(-c2nc3c(N)cccc3o2)ccc1F. The molecule has 0 fully saturated rings. The van der Waals surface area contributed by atoms with Crippen molar-refractivity contribution in [2.24, 2.45) is 0 Å². The van der Waals surface area contributed by atoms with Crippen molar-refractivity contribution in [3.63, 3.8) is 0 Å². The average molecular weight is 258 g/mol. The maximum atomic E-state index is 13.4. The average Bonchev–Trinajstić information content (AvgIpc) is 2.85. The van der Waals surface area contributed by atoms with E-state index >= 15 is 0 Å². The smallest absolute Gasteiger partial charge is 0.227 e. The van der Waals surface area contributed by atoms with E-state index in [1.807, 2.05) is 0 Å². The van der Waals surface area contributed by atoms with E-state index in [1.54, 1.807) is 24.3 Å². The molecule has 3 aromatic rings. The van der Waals surface area contributed by atoms with Crippen LogP contribution in [-0.4, -0.2) is 12.1 Å². The Bertz CT molecular complexity index is 752. The summed E-state index contributed by atoms with van der Waals surface area (Å²) in [4.78, 5) is 4.32. The summed E-state index contributed by atoms with van der Waals surface area (Å²) in [5.74, 6) is 0.0980. The largest absolute Gasteiger partial charge is 0.494 e. The Labute approximate surface area is 108 Å². The molecular formula is C14H11FN2O2. The number of methoxy groups -OCH3 is 1. The van der Waals surface area contributed by atoms with Crippen LogP contribution in [0.4, 0.5) is 10.1 Å². The lowest BCUT2D eigenvalue weighted by Gasteiger charge is -2.02. The fourth-order valence-electron chi connectivity index (χ4n) is 1.89. The molecule has 0 saturated carbocycles. The summed E-state index contributed by atoms with van der Waals surface area (Å²) in [6.45, 7) is 0. The second kappa shape index (κ2) is 4.28. The highest BCUT2D eigenvalue weighted by Gasteiger charge is 2.12. The van der Waals surface area contributed by atoms with Crippen LogP contribution in [0.25, 0.3) is 22.6 Å². The third kappa shape index (κ3) is 1.89. The first-order chi connectivity index (χ1) is 9.19. The first kappa shape index (κ1) is 11.5. The molecule has 0 unspecified atom stereocenters. The highest BCUT2D eigenvalue weighted by Crippen LogP contribution is 2.30. The number of ether oxygens (including phenoxy) is 1. The summed E-state index contributed by atoms with van der Waals surface area (Å²) in [5.41, 5.74) is 8.19. The molecular weight excluding hydrogens is 247 g/mol. The van der Waals surface area contributed by atoms with Gasteiger partial charge in [-0.2, -0.15) is 0 Å². The van der Waals surface area contributed by atoms with Gasteiger partial charge in [-0.25, -0.2) is 9.37 Å². The molecule has 1 aromatic heterocycles. The lowest BCUT2D eigenvalue weighted by molar-refractivity contribution is 0.386. The fourth-order valence-corrected chi connectivity index (χ4v) is 1.89. The molecule has 0 spiro atoms. The van der Waals surface area contributed by atoms with E-state index in [2.05, 4.69) is 4.98 Å². The highest BCUT2D eigenvalue weighted by molar-refractivity contribution is 5.87. The number of para-hydroxylation sites is 1. The predicted molar refractivity (Wildman–Crippen MR) is 70.4 cm³/mol. The summed E-state index contributed by atoms with van der Waals surface area (Å²) < 4.78 is 23.9. The van der Waals surface area contributed by atoms with Crippen LogP contribution in [0.3, 0.4) is 0 Å². The van der Waals surface area contributed by atoms with Gasteiger partial charge in [0.2, 0.25) is 5.89 Å². The minimum Gasteiger partial charge on any atom is -0.494 e. The standard InChI is InChI=1S/C14H11FN2O2/c1-18-12-7-8(5-6-9(12)15)14-17-13-10(16)3-2-4-11(13)19-14/h2-7H,16H2,1H3. The van der Waals surface area contributed by atoms with Crippen molar-refractivity contribution >= 4 is 16.8 Å². The summed E-state index contributed by atoms with van der Waals surface area (Å²) in [6.07, 6.45) is 0. The van der Waals surface area contributed by atoms with Crippen molar-refractivity contribution in [2.75, 3.05) is 12.8 Å². The number of fused-ring (bicyclic) bond motifs is 1. The third-order valence-corrected chi connectivity index (χ3v) is 2.85. The normalized spacial score (nSPS) is 10.8. The second-order valence-corrected chi connectivity index (χ2v) is 4.06. The van der Waals surface area contributed by atoms with Crippen LogP contribution in [0.5, 0.6) is 5.75 Å². The van der Waals surface area contributed by atoms with Crippen molar-refractivity contribution in [1.82, 2.24) is 4.98 Å². The molecule has 0 saturated heterocycles. The second-order valence-electron chi connectivity index (χ2n) is 4.06. The fraction of sp³-hybridized carbons (Fsp3) is 0.0714. The van der Waals surface area contributed by atoms with Gasteiger partial charge in [0.25, 0.3) is 0 Å². The van der Waals surface area contributed by atoms with E-state index in [4.69, 9.17) is 14.9 Å². The van der Waals surface area contributed by atoms with Crippen LogP contribution in [0, 0.1) is 5.82 Å². The first-order valence-electron chi connectivity index (χ1n) is 5.68. The summed E-state index contributed by atoms with van der Waals surface area (Å²) in [6, 6.07) is 9.75. The molecule has 96 valence electrons. The van der Waals surface area contributed by atoms with Crippen LogP contribution in [0.1, 0.15) is 0 Å². The minimum absolute atomic E-state index is 0.146. The zero-order chi connectivity index (χ0) is 13.4. The molecule has 0 radical (unpaired) electrons. The van der Waals surface area contributed by atoms with Gasteiger partial charge < -0.3 is 14.9 Å². The van der Waals surface area contributed by atoms with E-state index in [9.17, 15) is 4.39 Å². The summed E-state index contributed by atoms with van der Waals surface area (Å²) in [7, 11) is 1.41. The topological polar surface area (TPSA) is 61.3 Å². The Morgan fingerprint density at radius 3 is 2.84 bits per heavy atom. The van der Waals surface area contributed by atoms with Crippen molar-refractivity contribution in [2.45, 2.75) is 0 Å². The number of nitrogens with zero attached hydrogens (tertiary/aromatic N) is 1. The van der Waals surface area contributed by atoms with Crippen LogP contribution >= 0.6 is 0 Å². The molecule has 0 bridgehead atoms. The Kier molecular flexibility index (Phi) is 2.59. The van der Waals surface area contributed by atoms with Gasteiger partial charge in [0, 0.05) is 5.56 Å². The molecule has 1 heterocycles. The van der Waals surface area contributed by atoms with Gasteiger partial charge in [-0.15, -0.1) is 0 Å². The molecule has 0 atom stereocenters. The van der Waals surface area contributed by atoms with Gasteiger partial charge in [0.15, 0.2) is 17.1 Å². The van der Waals surface area contributed by atoms with Crippen molar-refractivity contribution in [3.05, 3.63) is 42.2 Å². The van der Waals surface area contributed by atoms with Crippen LogP contribution in [-0.2, 0) is 0 Å². The van der Waals surface area contributed by atoms with Gasteiger partial charge in [0.05, 0.1) is 12.8 Å². The van der Waals surface area contributed by atoms with Crippen molar-refractivity contribution in [3.8, 4) is 17.2 Å². The maximum Gasteiger partial charge on any atom is 0.227 e. The van der Waals surface area contributed by atoms with Gasteiger partial charge in [0.1, 0.15) is 5.52 Å². The number of nitrogens with two attached hydrogens (primary N) is 1. The van der Waals surface area contributed by atoms with E-state index in [0.29, 0.717) is 28.2 Å². The monoisotopic (exact) mass is 258 g/mol. The molecule has 3 rings (SSSR count). The quantitative estimate of drug-likeness (QED) is 0.717. The van der Waals surface area contributed by atoms with Gasteiger partial charge in [-0.3, -0.25) is 0 Å². The number of hydrogen-bond acceptors (Lipinski definition) is 4. The zero-order valence-corrected chi connectivity index (χ0v) is 10.2. The Hall–Kier alpha value is -2.56. The van der Waals surface area contributed by atoms with Crippen molar-refractivity contribution in [1.29, 1.82) is 0 Å². The van der Waals surface area contributed by atoms with Gasteiger partial charge in [-0.05, 0) is 30.3 Å². The molecule has 2 aromatic carbocycles. The highest BCUT2D eigenvalue weighted by atomic mass is 19.1. The molecule has 0 aliphatic carbocycles. The lowest BCUT2D eigenvalue weighted by atomic mass is 10.2. The first-order valence-corrected chi connectivity index (χ1v) is 5.68. The molecule has 0 aliphatic rings. The third-order valence-electron chi connectivity index (χ3n) is 2.85. The van der Waals surface area contributed by atoms with Crippen LogP contribution in [0.15, 0.2) is 40.8 Å². The van der Waals surface area contributed by atoms with E-state index in [0.717, 1.165) is 0 Å². The predicted octanol–water partition coefficient (Wildman–Crippen LogP) is 3.22. The van der Waals surface area contributed by atoms with Gasteiger partial charge in [-0.1, -0.05) is 6.07 Å². The Morgan fingerprint density at radius 1 is 1.26 bits per heavy atom. The number of anilines is 1. The molecule has 2 N–H and O–H groups in total. The number of aromatic nitrogens is 1. The van der Waals surface area contributed by atoms with Gasteiger partial charge >= 0.3 is 0 Å². The summed E-state index contributed by atoms with van der Waals surface area (Å²) in [5, 5.41) is 0. The van der Waals surface area contributed by atoms with E-state index < -0.39 is 5.82 Å². The number of halogens is 1. The lowest BCUT2D eigenvalue weighted by Crippen LogP contribution is -1.89. The van der Waals surface area contributed by atoms with Crippen molar-refractivity contribution < 1.29 is 13.5 Å². The van der Waals surface area contributed by atoms with Crippen LogP contribution in [0.2, 0.25) is 0 Å². The van der Waals surface area contributed by atoms with E-state index in [-0.39, 0.29) is 5.75 Å². The molecule has 4 nitrogen and oxygen atoms in total. The van der Waals surface area contributed by atoms with E-state index in [1.165, 1.54) is 19.2 Å². The molecule has 19 heavy (non-hydrogen) atoms. The maximum absolute atomic E-state index is 13.4. The molecule has 0 amide bonds. The number of benzene rings is 2.